The van der Waals surface area contributed by atoms with E-state index in [1.165, 1.54) is 22.9 Å². The van der Waals surface area contributed by atoms with Crippen LogP contribution in [0, 0.1) is 25.5 Å². The highest BCUT2D eigenvalue weighted by Gasteiger charge is 2.11. The third-order valence-electron chi connectivity index (χ3n) is 2.64. The lowest BCUT2D eigenvalue weighted by Crippen LogP contribution is -1.99. The number of nitrogens with two attached hydrogens (primary N) is 1. The molecule has 6 heteroatoms. The molecule has 20 heavy (non-hydrogen) atoms. The Labute approximate surface area is 126 Å². The van der Waals surface area contributed by atoms with Gasteiger partial charge in [0.05, 0.1) is 5.69 Å². The normalized spacial score (nSPS) is 9.90. The molecule has 0 amide bonds. The van der Waals surface area contributed by atoms with Crippen molar-refractivity contribution in [2.75, 3.05) is 10.5 Å². The molecule has 0 spiro atoms. The molecule has 0 fully saturated rings. The van der Waals surface area contributed by atoms with Gasteiger partial charge in [-0.1, -0.05) is 13.8 Å². The van der Waals surface area contributed by atoms with Crippen molar-refractivity contribution in [1.82, 2.24) is 0 Å². The van der Waals surface area contributed by atoms with Crippen LogP contribution in [-0.4, -0.2) is 0 Å². The van der Waals surface area contributed by atoms with E-state index in [1.54, 1.807) is 11.3 Å². The Bertz CT molecular complexity index is 583. The number of aryl methyl sites for hydroxylation is 1. The molecule has 110 valence electrons. The standard InChI is InChI=1S/C12H12F2N2S2.C2H6/c1-6-7(2)17-5-10(6)18-16-9-4-3-8(13)12(15)11(9)14;1-2/h3-5,16H,15H2,1-2H3;1-2H3. The lowest BCUT2D eigenvalue weighted by molar-refractivity contribution is 0.595. The van der Waals surface area contributed by atoms with Gasteiger partial charge in [-0.2, -0.15) is 0 Å². The number of benzene rings is 1. The Hall–Kier alpha value is -1.27. The van der Waals surface area contributed by atoms with E-state index in [1.807, 2.05) is 33.1 Å². The second kappa shape index (κ2) is 7.50. The first-order valence-corrected chi connectivity index (χ1v) is 7.91. The molecule has 1 heterocycles. The Morgan fingerprint density at radius 3 is 2.40 bits per heavy atom. The average molecular weight is 316 g/mol. The van der Waals surface area contributed by atoms with Crippen LogP contribution >= 0.6 is 23.3 Å². The lowest BCUT2D eigenvalue weighted by Gasteiger charge is -2.08. The summed E-state index contributed by atoms with van der Waals surface area (Å²) in [6, 6.07) is 2.48. The summed E-state index contributed by atoms with van der Waals surface area (Å²) in [5.41, 5.74) is 6.17. The summed E-state index contributed by atoms with van der Waals surface area (Å²) in [4.78, 5) is 2.25. The van der Waals surface area contributed by atoms with Crippen LogP contribution in [0.4, 0.5) is 20.2 Å². The first kappa shape index (κ1) is 16.8. The van der Waals surface area contributed by atoms with Crippen molar-refractivity contribution < 1.29 is 8.78 Å². The van der Waals surface area contributed by atoms with E-state index < -0.39 is 17.3 Å². The molecular formula is C14H18F2N2S2. The van der Waals surface area contributed by atoms with Crippen LogP contribution < -0.4 is 10.5 Å². The molecule has 0 saturated carbocycles. The predicted octanol–water partition coefficient (Wildman–Crippen LogP) is 5.37. The minimum absolute atomic E-state index is 0.183. The van der Waals surface area contributed by atoms with Gasteiger partial charge in [0.2, 0.25) is 0 Å². The minimum Gasteiger partial charge on any atom is -0.394 e. The van der Waals surface area contributed by atoms with Gasteiger partial charge in [0, 0.05) is 15.2 Å². The molecule has 2 nitrogen and oxygen atoms in total. The van der Waals surface area contributed by atoms with E-state index in [2.05, 4.69) is 4.72 Å². The second-order valence-electron chi connectivity index (χ2n) is 3.81. The highest BCUT2D eigenvalue weighted by molar-refractivity contribution is 8.00. The van der Waals surface area contributed by atoms with E-state index in [0.29, 0.717) is 0 Å². The second-order valence-corrected chi connectivity index (χ2v) is 5.74. The molecule has 2 rings (SSSR count). The number of rotatable bonds is 3. The third-order valence-corrected chi connectivity index (χ3v) is 4.77. The summed E-state index contributed by atoms with van der Waals surface area (Å²) >= 11 is 2.93. The molecule has 0 radical (unpaired) electrons. The van der Waals surface area contributed by atoms with Crippen molar-refractivity contribution in [3.8, 4) is 0 Å². The van der Waals surface area contributed by atoms with E-state index >= 15 is 0 Å². The SMILES string of the molecule is CC.Cc1scc(SNc2ccc(F)c(N)c2F)c1C. The van der Waals surface area contributed by atoms with Crippen LogP contribution in [0.15, 0.2) is 22.4 Å². The molecule has 0 bridgehead atoms. The highest BCUT2D eigenvalue weighted by Crippen LogP contribution is 2.32. The highest BCUT2D eigenvalue weighted by atomic mass is 32.2. The zero-order valence-electron chi connectivity index (χ0n) is 11.9. The molecule has 0 unspecified atom stereocenters. The topological polar surface area (TPSA) is 38.0 Å². The van der Waals surface area contributed by atoms with Gasteiger partial charge in [0.1, 0.15) is 11.5 Å². The Morgan fingerprint density at radius 1 is 1.20 bits per heavy atom. The van der Waals surface area contributed by atoms with Crippen molar-refractivity contribution in [3.63, 3.8) is 0 Å². The van der Waals surface area contributed by atoms with E-state index in [9.17, 15) is 8.78 Å². The molecule has 0 aliphatic rings. The predicted molar refractivity (Wildman–Crippen MR) is 85.4 cm³/mol. The summed E-state index contributed by atoms with van der Waals surface area (Å²) in [5, 5.41) is 1.99. The number of hydrogen-bond acceptors (Lipinski definition) is 4. The summed E-state index contributed by atoms with van der Waals surface area (Å²) in [5.74, 6) is -1.50. The van der Waals surface area contributed by atoms with Crippen LogP contribution in [0.25, 0.3) is 0 Å². The van der Waals surface area contributed by atoms with Crippen molar-refractivity contribution in [1.29, 1.82) is 0 Å². The van der Waals surface area contributed by atoms with Gasteiger partial charge in [-0.25, -0.2) is 8.78 Å². The van der Waals surface area contributed by atoms with Gasteiger partial charge in [-0.15, -0.1) is 11.3 Å². The molecule has 1 aromatic carbocycles. The van der Waals surface area contributed by atoms with Crippen molar-refractivity contribution in [2.45, 2.75) is 32.6 Å². The Morgan fingerprint density at radius 2 is 1.85 bits per heavy atom. The number of hydrogen-bond donors (Lipinski definition) is 2. The van der Waals surface area contributed by atoms with Crippen molar-refractivity contribution in [3.05, 3.63) is 39.6 Å². The van der Waals surface area contributed by atoms with E-state index in [-0.39, 0.29) is 5.69 Å². The van der Waals surface area contributed by atoms with Gasteiger partial charge < -0.3 is 10.5 Å². The lowest BCUT2D eigenvalue weighted by atomic mass is 10.2. The van der Waals surface area contributed by atoms with Gasteiger partial charge in [-0.05, 0) is 43.5 Å². The average Bonchev–Trinajstić information content (AvgIpc) is 2.78. The smallest absolute Gasteiger partial charge is 0.172 e. The summed E-state index contributed by atoms with van der Waals surface area (Å²) in [6.45, 7) is 8.03. The molecule has 0 atom stereocenters. The Balaban J connectivity index is 0.000000956. The van der Waals surface area contributed by atoms with Crippen LogP contribution in [0.1, 0.15) is 24.3 Å². The quantitative estimate of drug-likeness (QED) is 0.590. The van der Waals surface area contributed by atoms with Gasteiger partial charge in [0.15, 0.2) is 5.82 Å². The van der Waals surface area contributed by atoms with E-state index in [0.717, 1.165) is 16.5 Å². The molecule has 2 aromatic rings. The molecule has 3 N–H and O–H groups in total. The van der Waals surface area contributed by atoms with Gasteiger partial charge in [-0.3, -0.25) is 0 Å². The number of nitrogen functional groups attached to an aromatic ring is 1. The summed E-state index contributed by atoms with van der Waals surface area (Å²) < 4.78 is 29.5. The fraction of sp³-hybridized carbons (Fsp3) is 0.286. The first-order chi connectivity index (χ1) is 9.50. The maximum atomic E-state index is 13.6. The maximum absolute atomic E-state index is 13.6. The van der Waals surface area contributed by atoms with Crippen LogP contribution in [0.5, 0.6) is 0 Å². The maximum Gasteiger partial charge on any atom is 0.172 e. The van der Waals surface area contributed by atoms with Gasteiger partial charge >= 0.3 is 0 Å². The number of thiophene rings is 1. The van der Waals surface area contributed by atoms with Crippen molar-refractivity contribution in [2.24, 2.45) is 0 Å². The van der Waals surface area contributed by atoms with Crippen LogP contribution in [0.2, 0.25) is 0 Å². The molecule has 0 saturated heterocycles. The third kappa shape index (κ3) is 3.64. The number of nitrogens with one attached hydrogen (secondary N) is 1. The zero-order chi connectivity index (χ0) is 15.3. The van der Waals surface area contributed by atoms with Crippen LogP contribution in [0.3, 0.4) is 0 Å². The monoisotopic (exact) mass is 316 g/mol. The minimum atomic E-state index is -0.757. The Kier molecular flexibility index (Phi) is 6.29. The summed E-state index contributed by atoms with van der Waals surface area (Å²) in [7, 11) is 0. The number of halogens is 2. The largest absolute Gasteiger partial charge is 0.394 e. The van der Waals surface area contributed by atoms with Gasteiger partial charge in [0.25, 0.3) is 0 Å². The molecular weight excluding hydrogens is 298 g/mol. The fourth-order valence-corrected chi connectivity index (χ4v) is 3.18. The first-order valence-electron chi connectivity index (χ1n) is 6.21. The fourth-order valence-electron chi connectivity index (χ4n) is 1.35. The van der Waals surface area contributed by atoms with Crippen molar-refractivity contribution >= 4 is 34.7 Å². The summed E-state index contributed by atoms with van der Waals surface area (Å²) in [6.07, 6.45) is 0. The zero-order valence-corrected chi connectivity index (χ0v) is 13.5. The molecule has 1 aromatic heterocycles. The van der Waals surface area contributed by atoms with Crippen LogP contribution in [-0.2, 0) is 0 Å². The van der Waals surface area contributed by atoms with E-state index in [4.69, 9.17) is 5.73 Å². The molecule has 0 aliphatic heterocycles. The number of anilines is 2. The molecule has 0 aliphatic carbocycles.